The highest BCUT2D eigenvalue weighted by molar-refractivity contribution is 7.98. The van der Waals surface area contributed by atoms with Crippen molar-refractivity contribution >= 4 is 11.8 Å². The summed E-state index contributed by atoms with van der Waals surface area (Å²) in [7, 11) is 2.03. The molecule has 0 fully saturated rings. The summed E-state index contributed by atoms with van der Waals surface area (Å²) in [6.07, 6.45) is 1.64. The number of thioether (sulfide) groups is 1. The van der Waals surface area contributed by atoms with E-state index in [0.29, 0.717) is 5.92 Å². The molecule has 0 saturated carbocycles. The minimum atomic E-state index is -0.205. The minimum absolute atomic E-state index is 0.139. The van der Waals surface area contributed by atoms with Crippen molar-refractivity contribution in [3.63, 3.8) is 0 Å². The van der Waals surface area contributed by atoms with Crippen LogP contribution in [0.25, 0.3) is 0 Å². The molecule has 0 aromatic heterocycles. The van der Waals surface area contributed by atoms with Crippen molar-refractivity contribution < 1.29 is 10.2 Å². The molecule has 100 valence electrons. The van der Waals surface area contributed by atoms with Crippen LogP contribution < -0.4 is 0 Å². The molecule has 0 spiro atoms. The van der Waals surface area contributed by atoms with E-state index in [1.807, 2.05) is 20.2 Å². The van der Waals surface area contributed by atoms with E-state index in [0.717, 1.165) is 18.8 Å². The minimum Gasteiger partial charge on any atom is -0.393 e. The van der Waals surface area contributed by atoms with E-state index in [-0.39, 0.29) is 12.2 Å². The largest absolute Gasteiger partial charge is 0.393 e. The topological polar surface area (TPSA) is 43.7 Å². The van der Waals surface area contributed by atoms with E-state index < -0.39 is 0 Å². The van der Waals surface area contributed by atoms with Gasteiger partial charge in [0.15, 0.2) is 0 Å². The highest BCUT2D eigenvalue weighted by Gasteiger charge is 2.03. The van der Waals surface area contributed by atoms with Gasteiger partial charge in [-0.2, -0.15) is 11.8 Å². The Morgan fingerprint density at radius 2 is 1.50 bits per heavy atom. The van der Waals surface area contributed by atoms with Gasteiger partial charge < -0.3 is 15.1 Å². The molecule has 0 heterocycles. The third-order valence-electron chi connectivity index (χ3n) is 1.66. The lowest BCUT2D eigenvalue weighted by Gasteiger charge is -2.19. The molecule has 0 radical (unpaired) electrons. The van der Waals surface area contributed by atoms with Crippen LogP contribution in [0.2, 0.25) is 0 Å². The molecule has 0 bridgehead atoms. The van der Waals surface area contributed by atoms with Gasteiger partial charge in [0.2, 0.25) is 0 Å². The molecule has 0 rings (SSSR count). The van der Waals surface area contributed by atoms with Crippen molar-refractivity contribution in [2.75, 3.05) is 32.1 Å². The summed E-state index contributed by atoms with van der Waals surface area (Å²) in [6, 6.07) is 0. The third-order valence-corrected chi connectivity index (χ3v) is 2.48. The summed E-state index contributed by atoms with van der Waals surface area (Å²) in [6.45, 7) is 9.80. The van der Waals surface area contributed by atoms with Gasteiger partial charge in [0.05, 0.1) is 12.2 Å². The average Bonchev–Trinajstić information content (AvgIpc) is 2.00. The number of nitrogens with zero attached hydrogens (tertiary/aromatic N) is 1. The maximum absolute atomic E-state index is 8.99. The summed E-state index contributed by atoms with van der Waals surface area (Å²) >= 11 is 1.66. The maximum atomic E-state index is 8.99. The Bertz CT molecular complexity index is 131. The van der Waals surface area contributed by atoms with Gasteiger partial charge in [0, 0.05) is 18.8 Å². The van der Waals surface area contributed by atoms with Gasteiger partial charge in [0.25, 0.3) is 0 Å². The van der Waals surface area contributed by atoms with Crippen LogP contribution in [0.3, 0.4) is 0 Å². The Kier molecular flexibility index (Phi) is 13.6. The Morgan fingerprint density at radius 3 is 1.69 bits per heavy atom. The standard InChI is InChI=1S/C8H19NO.C4H10OS/c1-7(2)5-9(4)6-8(3)10;1-4(5)3-6-2/h7-8,10H,5-6H2,1-4H3;4-5H,3H2,1-2H3/t8-;4-/m10/s1. The molecule has 0 amide bonds. The van der Waals surface area contributed by atoms with E-state index in [2.05, 4.69) is 18.7 Å². The first-order valence-electron chi connectivity index (χ1n) is 5.83. The lowest BCUT2D eigenvalue weighted by atomic mass is 10.2. The fraction of sp³-hybridized carbons (Fsp3) is 1.00. The monoisotopic (exact) mass is 251 g/mol. The first-order chi connectivity index (χ1) is 7.29. The number of rotatable bonds is 6. The molecule has 0 aromatic rings. The van der Waals surface area contributed by atoms with Gasteiger partial charge in [-0.25, -0.2) is 0 Å². The van der Waals surface area contributed by atoms with Crippen LogP contribution in [0, 0.1) is 5.92 Å². The van der Waals surface area contributed by atoms with E-state index >= 15 is 0 Å². The molecule has 0 saturated heterocycles. The van der Waals surface area contributed by atoms with E-state index in [1.54, 1.807) is 18.7 Å². The summed E-state index contributed by atoms with van der Waals surface area (Å²) in [5.41, 5.74) is 0. The zero-order valence-corrected chi connectivity index (χ0v) is 12.4. The summed E-state index contributed by atoms with van der Waals surface area (Å²) in [5, 5.41) is 17.5. The van der Waals surface area contributed by atoms with Gasteiger partial charge in [0.1, 0.15) is 0 Å². The number of likely N-dealkylation sites (N-methyl/N-ethyl adjacent to an activating group) is 1. The van der Waals surface area contributed by atoms with Crippen LogP contribution in [0.4, 0.5) is 0 Å². The normalized spacial score (nSPS) is 14.6. The fourth-order valence-corrected chi connectivity index (χ4v) is 1.87. The van der Waals surface area contributed by atoms with Gasteiger partial charge in [-0.05, 0) is 33.1 Å². The summed E-state index contributed by atoms with van der Waals surface area (Å²) in [5.74, 6) is 1.53. The molecule has 2 N–H and O–H groups in total. The number of aliphatic hydroxyl groups excluding tert-OH is 2. The lowest BCUT2D eigenvalue weighted by molar-refractivity contribution is 0.135. The molecule has 2 atom stereocenters. The lowest BCUT2D eigenvalue weighted by Crippen LogP contribution is -2.30. The van der Waals surface area contributed by atoms with Gasteiger partial charge in [-0.3, -0.25) is 0 Å². The number of hydrogen-bond donors (Lipinski definition) is 2. The van der Waals surface area contributed by atoms with Gasteiger partial charge in [-0.15, -0.1) is 0 Å². The summed E-state index contributed by atoms with van der Waals surface area (Å²) in [4.78, 5) is 2.15. The van der Waals surface area contributed by atoms with Crippen LogP contribution >= 0.6 is 11.8 Å². The third kappa shape index (κ3) is 19.7. The van der Waals surface area contributed by atoms with Crippen LogP contribution in [0.1, 0.15) is 27.7 Å². The van der Waals surface area contributed by atoms with Crippen molar-refractivity contribution in [3.05, 3.63) is 0 Å². The zero-order chi connectivity index (χ0) is 13.1. The maximum Gasteiger partial charge on any atom is 0.0638 e. The first-order valence-corrected chi connectivity index (χ1v) is 7.22. The molecule has 4 heteroatoms. The van der Waals surface area contributed by atoms with Crippen molar-refractivity contribution in [2.24, 2.45) is 5.92 Å². The SMILES string of the molecule is CC(C)CN(C)C[C@@H](C)O.CSC[C@H](C)O. The second-order valence-corrected chi connectivity index (χ2v) is 5.68. The second-order valence-electron chi connectivity index (χ2n) is 4.77. The van der Waals surface area contributed by atoms with Crippen LogP contribution in [0.15, 0.2) is 0 Å². The molecule has 3 nitrogen and oxygen atoms in total. The Balaban J connectivity index is 0. The van der Waals surface area contributed by atoms with Gasteiger partial charge in [-0.1, -0.05) is 13.8 Å². The quantitative estimate of drug-likeness (QED) is 0.754. The molecule has 0 aliphatic carbocycles. The summed E-state index contributed by atoms with van der Waals surface area (Å²) < 4.78 is 0. The van der Waals surface area contributed by atoms with E-state index in [1.165, 1.54) is 0 Å². The van der Waals surface area contributed by atoms with Gasteiger partial charge >= 0.3 is 0 Å². The Hall–Kier alpha value is 0.230. The molecule has 0 aliphatic rings. The molecule has 0 aromatic carbocycles. The first kappa shape index (κ1) is 18.6. The molecule has 0 aliphatic heterocycles. The number of aliphatic hydroxyl groups is 2. The smallest absolute Gasteiger partial charge is 0.0638 e. The van der Waals surface area contributed by atoms with E-state index in [9.17, 15) is 0 Å². The number of hydrogen-bond acceptors (Lipinski definition) is 4. The second kappa shape index (κ2) is 11.7. The fourth-order valence-electron chi connectivity index (χ4n) is 1.39. The highest BCUT2D eigenvalue weighted by atomic mass is 32.2. The molecule has 0 unspecified atom stereocenters. The van der Waals surface area contributed by atoms with Crippen molar-refractivity contribution in [2.45, 2.75) is 39.9 Å². The highest BCUT2D eigenvalue weighted by Crippen LogP contribution is 1.96. The van der Waals surface area contributed by atoms with Crippen molar-refractivity contribution in [3.8, 4) is 0 Å². The van der Waals surface area contributed by atoms with Crippen molar-refractivity contribution in [1.29, 1.82) is 0 Å². The zero-order valence-electron chi connectivity index (χ0n) is 11.6. The Morgan fingerprint density at radius 1 is 1.00 bits per heavy atom. The molecular formula is C12H29NO2S. The van der Waals surface area contributed by atoms with Crippen molar-refractivity contribution in [1.82, 2.24) is 4.90 Å². The Labute approximate surface area is 105 Å². The van der Waals surface area contributed by atoms with Crippen LogP contribution in [-0.2, 0) is 0 Å². The van der Waals surface area contributed by atoms with Crippen LogP contribution in [-0.4, -0.2) is 59.5 Å². The van der Waals surface area contributed by atoms with Crippen LogP contribution in [0.5, 0.6) is 0 Å². The molecular weight excluding hydrogens is 222 g/mol. The van der Waals surface area contributed by atoms with E-state index in [4.69, 9.17) is 10.2 Å². The predicted molar refractivity (Wildman–Crippen MR) is 74.1 cm³/mol. The molecule has 16 heavy (non-hydrogen) atoms. The predicted octanol–water partition coefficient (Wildman–Crippen LogP) is 1.69. The average molecular weight is 251 g/mol.